The van der Waals surface area contributed by atoms with Crippen LogP contribution in [0.15, 0.2) is 12.2 Å². The lowest BCUT2D eigenvalue weighted by Crippen LogP contribution is -2.22. The summed E-state index contributed by atoms with van der Waals surface area (Å²) < 4.78 is 6.14. The van der Waals surface area contributed by atoms with Crippen LogP contribution in [0.2, 0.25) is 0 Å². The zero-order chi connectivity index (χ0) is 11.4. The highest BCUT2D eigenvalue weighted by Crippen LogP contribution is 2.40. The summed E-state index contributed by atoms with van der Waals surface area (Å²) >= 11 is 0. The standard InChI is InChI=1S/C15H26O/c1-3-5-6-12(4-2)11-16-15-10-13-7-8-14(15)9-13/h7-8,12-15H,3-6,9-11H2,1-2H3. The molecule has 92 valence electrons. The number of fused-ring (bicyclic) bond motifs is 2. The summed E-state index contributed by atoms with van der Waals surface area (Å²) in [7, 11) is 0. The number of ether oxygens (including phenoxy) is 1. The van der Waals surface area contributed by atoms with Gasteiger partial charge in [-0.3, -0.25) is 0 Å². The van der Waals surface area contributed by atoms with Gasteiger partial charge in [0.25, 0.3) is 0 Å². The lowest BCUT2D eigenvalue weighted by Gasteiger charge is -2.22. The fourth-order valence-electron chi connectivity index (χ4n) is 3.08. The van der Waals surface area contributed by atoms with Crippen LogP contribution >= 0.6 is 0 Å². The molecule has 2 rings (SSSR count). The predicted molar refractivity (Wildman–Crippen MR) is 68.4 cm³/mol. The first-order chi connectivity index (χ1) is 7.83. The number of rotatable bonds is 7. The van der Waals surface area contributed by atoms with Crippen molar-refractivity contribution in [2.75, 3.05) is 6.61 Å². The molecule has 2 bridgehead atoms. The Labute approximate surface area is 100 Å². The van der Waals surface area contributed by atoms with Crippen LogP contribution in [0, 0.1) is 17.8 Å². The van der Waals surface area contributed by atoms with Gasteiger partial charge in [-0.05, 0) is 31.1 Å². The lowest BCUT2D eigenvalue weighted by atomic mass is 9.99. The molecule has 0 aromatic carbocycles. The van der Waals surface area contributed by atoms with E-state index in [-0.39, 0.29) is 0 Å². The van der Waals surface area contributed by atoms with Crippen LogP contribution in [0.4, 0.5) is 0 Å². The molecule has 2 aliphatic rings. The van der Waals surface area contributed by atoms with Gasteiger partial charge in [0.1, 0.15) is 0 Å². The minimum Gasteiger partial charge on any atom is -0.377 e. The van der Waals surface area contributed by atoms with Crippen LogP contribution < -0.4 is 0 Å². The van der Waals surface area contributed by atoms with E-state index in [1.54, 1.807) is 0 Å². The Bertz CT molecular complexity index is 234. The molecule has 0 spiro atoms. The molecular weight excluding hydrogens is 196 g/mol. The average Bonchev–Trinajstić information content (AvgIpc) is 2.91. The first-order valence-electron chi connectivity index (χ1n) is 7.13. The zero-order valence-electron chi connectivity index (χ0n) is 10.8. The number of allylic oxidation sites excluding steroid dienone is 1. The third kappa shape index (κ3) is 2.88. The third-order valence-electron chi connectivity index (χ3n) is 4.31. The Hall–Kier alpha value is -0.300. The average molecular weight is 222 g/mol. The third-order valence-corrected chi connectivity index (χ3v) is 4.31. The van der Waals surface area contributed by atoms with Crippen molar-refractivity contribution in [3.63, 3.8) is 0 Å². The van der Waals surface area contributed by atoms with Crippen LogP contribution in [-0.4, -0.2) is 12.7 Å². The van der Waals surface area contributed by atoms with Crippen LogP contribution in [0.25, 0.3) is 0 Å². The van der Waals surface area contributed by atoms with E-state index < -0.39 is 0 Å². The van der Waals surface area contributed by atoms with Crippen LogP contribution in [0.3, 0.4) is 0 Å². The molecule has 2 aliphatic carbocycles. The van der Waals surface area contributed by atoms with Gasteiger partial charge < -0.3 is 4.74 Å². The minimum atomic E-state index is 0.547. The molecule has 1 saturated carbocycles. The molecule has 0 N–H and O–H groups in total. The highest BCUT2D eigenvalue weighted by Gasteiger charge is 2.36. The SMILES string of the molecule is CCCCC(CC)COC1CC2C=CC1C2. The van der Waals surface area contributed by atoms with Crippen molar-refractivity contribution in [3.05, 3.63) is 12.2 Å². The van der Waals surface area contributed by atoms with Gasteiger partial charge in [-0.2, -0.15) is 0 Å². The van der Waals surface area contributed by atoms with Crippen molar-refractivity contribution < 1.29 is 4.74 Å². The van der Waals surface area contributed by atoms with E-state index >= 15 is 0 Å². The van der Waals surface area contributed by atoms with Gasteiger partial charge in [0.2, 0.25) is 0 Å². The molecule has 0 aromatic heterocycles. The molecule has 1 heteroatoms. The van der Waals surface area contributed by atoms with Gasteiger partial charge in [-0.15, -0.1) is 0 Å². The van der Waals surface area contributed by atoms with Crippen LogP contribution in [0.5, 0.6) is 0 Å². The second-order valence-corrected chi connectivity index (χ2v) is 5.57. The molecule has 0 aromatic rings. The molecule has 1 fully saturated rings. The summed E-state index contributed by atoms with van der Waals surface area (Å²) in [6.07, 6.45) is 13.3. The minimum absolute atomic E-state index is 0.547. The highest BCUT2D eigenvalue weighted by atomic mass is 16.5. The summed E-state index contributed by atoms with van der Waals surface area (Å²) in [4.78, 5) is 0. The quantitative estimate of drug-likeness (QED) is 0.587. The van der Waals surface area contributed by atoms with Crippen molar-refractivity contribution in [3.8, 4) is 0 Å². The molecule has 16 heavy (non-hydrogen) atoms. The molecule has 1 nitrogen and oxygen atoms in total. The number of unbranched alkanes of at least 4 members (excludes halogenated alkanes) is 1. The van der Waals surface area contributed by atoms with E-state index in [0.29, 0.717) is 6.10 Å². The topological polar surface area (TPSA) is 9.23 Å². The summed E-state index contributed by atoms with van der Waals surface area (Å²) in [5, 5.41) is 0. The molecular formula is C15H26O. The molecule has 0 amide bonds. The van der Waals surface area contributed by atoms with Crippen molar-refractivity contribution in [1.82, 2.24) is 0 Å². The highest BCUT2D eigenvalue weighted by molar-refractivity contribution is 5.10. The van der Waals surface area contributed by atoms with E-state index in [9.17, 15) is 0 Å². The van der Waals surface area contributed by atoms with Crippen LogP contribution in [-0.2, 0) is 4.74 Å². The Morgan fingerprint density at radius 3 is 2.69 bits per heavy atom. The Morgan fingerprint density at radius 2 is 2.12 bits per heavy atom. The van der Waals surface area contributed by atoms with Crippen molar-refractivity contribution in [2.45, 2.75) is 58.5 Å². The second-order valence-electron chi connectivity index (χ2n) is 5.57. The monoisotopic (exact) mass is 222 g/mol. The van der Waals surface area contributed by atoms with Gasteiger partial charge in [0, 0.05) is 12.5 Å². The molecule has 0 saturated heterocycles. The molecule has 4 unspecified atom stereocenters. The van der Waals surface area contributed by atoms with Gasteiger partial charge in [0.05, 0.1) is 6.10 Å². The van der Waals surface area contributed by atoms with Gasteiger partial charge in [-0.25, -0.2) is 0 Å². The Morgan fingerprint density at radius 1 is 1.25 bits per heavy atom. The first-order valence-corrected chi connectivity index (χ1v) is 7.13. The summed E-state index contributed by atoms with van der Waals surface area (Å²) in [6, 6.07) is 0. The largest absolute Gasteiger partial charge is 0.377 e. The van der Waals surface area contributed by atoms with Crippen molar-refractivity contribution >= 4 is 0 Å². The zero-order valence-corrected chi connectivity index (χ0v) is 10.8. The summed E-state index contributed by atoms with van der Waals surface area (Å²) in [6.45, 7) is 5.57. The first kappa shape index (κ1) is 12.2. The lowest BCUT2D eigenvalue weighted by molar-refractivity contribution is 0.0117. The fraction of sp³-hybridized carbons (Fsp3) is 0.867. The second kappa shape index (κ2) is 5.86. The molecule has 0 aliphatic heterocycles. The van der Waals surface area contributed by atoms with Crippen LogP contribution in [0.1, 0.15) is 52.4 Å². The summed E-state index contributed by atoms with van der Waals surface area (Å²) in [5.41, 5.74) is 0. The molecule has 0 heterocycles. The van der Waals surface area contributed by atoms with E-state index in [1.165, 1.54) is 38.5 Å². The van der Waals surface area contributed by atoms with E-state index in [1.807, 2.05) is 0 Å². The van der Waals surface area contributed by atoms with Gasteiger partial charge in [0.15, 0.2) is 0 Å². The van der Waals surface area contributed by atoms with E-state index in [0.717, 1.165) is 24.4 Å². The Balaban J connectivity index is 1.68. The van der Waals surface area contributed by atoms with E-state index in [4.69, 9.17) is 4.74 Å². The molecule has 0 radical (unpaired) electrons. The number of hydrogen-bond donors (Lipinski definition) is 0. The normalized spacial score (nSPS) is 33.5. The Kier molecular flexibility index (Phi) is 4.45. The maximum atomic E-state index is 6.14. The molecule has 4 atom stereocenters. The van der Waals surface area contributed by atoms with Crippen molar-refractivity contribution in [2.24, 2.45) is 17.8 Å². The van der Waals surface area contributed by atoms with Gasteiger partial charge >= 0.3 is 0 Å². The maximum Gasteiger partial charge on any atom is 0.0643 e. The number of hydrogen-bond acceptors (Lipinski definition) is 1. The summed E-state index contributed by atoms with van der Waals surface area (Å²) in [5.74, 6) is 2.38. The maximum absolute atomic E-state index is 6.14. The predicted octanol–water partition coefficient (Wildman–Crippen LogP) is 4.18. The van der Waals surface area contributed by atoms with Gasteiger partial charge in [-0.1, -0.05) is 45.3 Å². The smallest absolute Gasteiger partial charge is 0.0643 e. The van der Waals surface area contributed by atoms with E-state index in [2.05, 4.69) is 26.0 Å². The fourth-order valence-corrected chi connectivity index (χ4v) is 3.08. The van der Waals surface area contributed by atoms with Crippen molar-refractivity contribution in [1.29, 1.82) is 0 Å².